The summed E-state index contributed by atoms with van der Waals surface area (Å²) in [6.45, 7) is 2.71. The Morgan fingerprint density at radius 3 is 1.58 bits per heavy atom. The maximum absolute atomic E-state index is 13.1. The highest BCUT2D eigenvalue weighted by molar-refractivity contribution is 5.76. The van der Waals surface area contributed by atoms with E-state index in [2.05, 4.69) is 43.5 Å². The molecule has 2 rings (SSSR count). The molecule has 12 unspecified atom stereocenters. The summed E-state index contributed by atoms with van der Waals surface area (Å²) in [5.74, 6) is -0.259. The summed E-state index contributed by atoms with van der Waals surface area (Å²) in [6, 6.07) is -0.932. The van der Waals surface area contributed by atoms with Crippen molar-refractivity contribution in [3.63, 3.8) is 0 Å². The Balaban J connectivity index is 1.88. The van der Waals surface area contributed by atoms with Crippen molar-refractivity contribution >= 4 is 5.91 Å². The molecule has 1 amide bonds. The Morgan fingerprint density at radius 1 is 0.565 bits per heavy atom. The maximum atomic E-state index is 13.1. The van der Waals surface area contributed by atoms with E-state index in [1.165, 1.54) is 89.9 Å². The zero-order valence-corrected chi connectivity index (χ0v) is 38.1. The molecule has 2 aliphatic rings. The van der Waals surface area contributed by atoms with Gasteiger partial charge in [0.25, 0.3) is 0 Å². The molecule has 0 aliphatic carbocycles. The number of amides is 1. The summed E-state index contributed by atoms with van der Waals surface area (Å²) in [7, 11) is 0. The predicted molar refractivity (Wildman–Crippen MR) is 240 cm³/mol. The van der Waals surface area contributed by atoms with Crippen LogP contribution in [0.15, 0.2) is 36.5 Å². The first-order valence-electron chi connectivity index (χ1n) is 24.2. The minimum absolute atomic E-state index is 0.259. The standard InChI is InChI=1S/C48H87NO13/c1-3-5-7-9-11-13-14-15-16-17-18-19-20-21-22-24-25-27-29-31-37(52)36(49-40(53)32-30-28-26-23-12-10-8-6-4-2)35-59-47-45(58)43(56)46(39(34-51)61-47)62-48-44(57)42(55)41(54)38(33-50)60-48/h18-19,22,24,29,31,36-39,41-48,50-52,54-58H,3-17,20-21,23,25-28,30,32-35H2,1-2H3,(H,49,53)/b19-18+,24-22+,31-29+. The van der Waals surface area contributed by atoms with E-state index in [4.69, 9.17) is 18.9 Å². The van der Waals surface area contributed by atoms with Gasteiger partial charge in [0.1, 0.15) is 48.8 Å². The largest absolute Gasteiger partial charge is 0.394 e. The van der Waals surface area contributed by atoms with Crippen molar-refractivity contribution in [2.75, 3.05) is 19.8 Å². The van der Waals surface area contributed by atoms with E-state index in [1.54, 1.807) is 6.08 Å². The summed E-state index contributed by atoms with van der Waals surface area (Å²) in [6.07, 6.45) is 22.0. The molecule has 0 aromatic carbocycles. The number of rotatable bonds is 36. The highest BCUT2D eigenvalue weighted by Gasteiger charge is 2.51. The topological polar surface area (TPSA) is 228 Å². The van der Waals surface area contributed by atoms with Gasteiger partial charge in [0, 0.05) is 6.42 Å². The number of carbonyl (C=O) groups is 1. The molecule has 0 radical (unpaired) electrons. The van der Waals surface area contributed by atoms with E-state index in [0.29, 0.717) is 12.8 Å². The van der Waals surface area contributed by atoms with Crippen LogP contribution in [0.3, 0.4) is 0 Å². The number of aliphatic hydroxyl groups is 8. The van der Waals surface area contributed by atoms with Crippen LogP contribution in [-0.4, -0.2) is 140 Å². The van der Waals surface area contributed by atoms with Crippen molar-refractivity contribution in [3.05, 3.63) is 36.5 Å². The summed E-state index contributed by atoms with van der Waals surface area (Å²) in [5, 5.41) is 86.4. The molecule has 2 saturated heterocycles. The van der Waals surface area contributed by atoms with Gasteiger partial charge in [0.2, 0.25) is 5.91 Å². The minimum Gasteiger partial charge on any atom is -0.394 e. The van der Waals surface area contributed by atoms with Gasteiger partial charge in [0.15, 0.2) is 12.6 Å². The number of ether oxygens (including phenoxy) is 4. The van der Waals surface area contributed by atoms with E-state index in [9.17, 15) is 45.6 Å². The van der Waals surface area contributed by atoms with Gasteiger partial charge in [-0.2, -0.15) is 0 Å². The molecule has 0 saturated carbocycles. The van der Waals surface area contributed by atoms with Crippen LogP contribution >= 0.6 is 0 Å². The fraction of sp³-hybridized carbons (Fsp3) is 0.854. The fourth-order valence-corrected chi connectivity index (χ4v) is 7.79. The van der Waals surface area contributed by atoms with Crippen molar-refractivity contribution in [1.29, 1.82) is 0 Å². The average Bonchev–Trinajstić information content (AvgIpc) is 3.27. The summed E-state index contributed by atoms with van der Waals surface area (Å²) in [4.78, 5) is 13.1. The van der Waals surface area contributed by atoms with Crippen molar-refractivity contribution in [2.24, 2.45) is 0 Å². The highest BCUT2D eigenvalue weighted by Crippen LogP contribution is 2.30. The van der Waals surface area contributed by atoms with Crippen molar-refractivity contribution in [2.45, 2.75) is 242 Å². The molecule has 14 heteroatoms. The Hall–Kier alpha value is -1.79. The van der Waals surface area contributed by atoms with Crippen LogP contribution < -0.4 is 5.32 Å². The number of carbonyl (C=O) groups excluding carboxylic acids is 1. The third-order valence-electron chi connectivity index (χ3n) is 11.8. The lowest BCUT2D eigenvalue weighted by Gasteiger charge is -2.46. The van der Waals surface area contributed by atoms with E-state index >= 15 is 0 Å². The normalized spacial score (nSPS) is 28.0. The monoisotopic (exact) mass is 886 g/mol. The number of nitrogens with one attached hydrogen (secondary N) is 1. The molecule has 9 N–H and O–H groups in total. The van der Waals surface area contributed by atoms with Crippen LogP contribution in [0.5, 0.6) is 0 Å². The SMILES string of the molecule is CCCCCCCCCCC/C=C/CC/C=C/CC/C=C/C(O)C(COC1OC(CO)C(OC2OC(CO)C(O)C(O)C2O)C(O)C1O)NC(=O)CCCCCCCCCCC. The molecule has 362 valence electrons. The quantitative estimate of drug-likeness (QED) is 0.0279. The van der Waals surface area contributed by atoms with Crippen LogP contribution in [0.1, 0.15) is 168 Å². The summed E-state index contributed by atoms with van der Waals surface area (Å²) in [5.41, 5.74) is 0. The average molecular weight is 886 g/mol. The van der Waals surface area contributed by atoms with Gasteiger partial charge in [-0.25, -0.2) is 0 Å². The molecule has 2 fully saturated rings. The molecule has 2 aliphatic heterocycles. The first-order valence-corrected chi connectivity index (χ1v) is 24.2. The fourth-order valence-electron chi connectivity index (χ4n) is 7.79. The minimum atomic E-state index is -1.79. The predicted octanol–water partition coefficient (Wildman–Crippen LogP) is 5.54. The second kappa shape index (κ2) is 35.5. The Morgan fingerprint density at radius 2 is 1.03 bits per heavy atom. The molecule has 0 bridgehead atoms. The molecule has 2 heterocycles. The lowest BCUT2D eigenvalue weighted by molar-refractivity contribution is -0.359. The second-order valence-corrected chi connectivity index (χ2v) is 17.2. The number of allylic oxidation sites excluding steroid dienone is 5. The van der Waals surface area contributed by atoms with Gasteiger partial charge in [0.05, 0.1) is 32.0 Å². The summed E-state index contributed by atoms with van der Waals surface area (Å²) < 4.78 is 22.6. The van der Waals surface area contributed by atoms with Gasteiger partial charge in [-0.15, -0.1) is 0 Å². The first kappa shape index (κ1) is 56.3. The number of unbranched alkanes of at least 4 members (excludes halogenated alkanes) is 19. The van der Waals surface area contributed by atoms with Gasteiger partial charge >= 0.3 is 0 Å². The Kier molecular flexibility index (Phi) is 32.2. The first-order chi connectivity index (χ1) is 30.1. The summed E-state index contributed by atoms with van der Waals surface area (Å²) >= 11 is 0. The van der Waals surface area contributed by atoms with Crippen LogP contribution in [0, 0.1) is 0 Å². The van der Waals surface area contributed by atoms with Crippen LogP contribution in [-0.2, 0) is 23.7 Å². The van der Waals surface area contributed by atoms with E-state index < -0.39 is 86.8 Å². The molecule has 0 spiro atoms. The van der Waals surface area contributed by atoms with E-state index in [0.717, 1.165) is 44.9 Å². The lowest BCUT2D eigenvalue weighted by Crippen LogP contribution is -2.65. The van der Waals surface area contributed by atoms with E-state index in [-0.39, 0.29) is 18.9 Å². The van der Waals surface area contributed by atoms with Gasteiger partial charge in [-0.05, 0) is 44.9 Å². The molecule has 0 aromatic rings. The zero-order valence-electron chi connectivity index (χ0n) is 38.1. The number of hydrogen-bond donors (Lipinski definition) is 9. The van der Waals surface area contributed by atoms with Crippen LogP contribution in [0.25, 0.3) is 0 Å². The smallest absolute Gasteiger partial charge is 0.220 e. The molecular formula is C48H87NO13. The van der Waals surface area contributed by atoms with Gasteiger partial charge in [-0.1, -0.05) is 153 Å². The third-order valence-corrected chi connectivity index (χ3v) is 11.8. The Bertz CT molecular complexity index is 1190. The molecular weight excluding hydrogens is 799 g/mol. The Labute approximate surface area is 372 Å². The third kappa shape index (κ3) is 22.9. The number of hydrogen-bond acceptors (Lipinski definition) is 13. The maximum Gasteiger partial charge on any atom is 0.220 e. The highest BCUT2D eigenvalue weighted by atomic mass is 16.7. The second-order valence-electron chi connectivity index (χ2n) is 17.2. The lowest BCUT2D eigenvalue weighted by atomic mass is 9.97. The molecule has 0 aromatic heterocycles. The van der Waals surface area contributed by atoms with E-state index in [1.807, 2.05) is 6.08 Å². The molecule has 12 atom stereocenters. The van der Waals surface area contributed by atoms with Crippen LogP contribution in [0.4, 0.5) is 0 Å². The molecule has 62 heavy (non-hydrogen) atoms. The number of aliphatic hydroxyl groups excluding tert-OH is 8. The van der Waals surface area contributed by atoms with Gasteiger partial charge < -0.3 is 65.1 Å². The van der Waals surface area contributed by atoms with Gasteiger partial charge in [-0.3, -0.25) is 4.79 Å². The van der Waals surface area contributed by atoms with Crippen molar-refractivity contribution < 1.29 is 64.6 Å². The van der Waals surface area contributed by atoms with Crippen molar-refractivity contribution in [3.8, 4) is 0 Å². The van der Waals surface area contributed by atoms with Crippen molar-refractivity contribution in [1.82, 2.24) is 5.32 Å². The zero-order chi connectivity index (χ0) is 45.4. The van der Waals surface area contributed by atoms with Crippen LogP contribution in [0.2, 0.25) is 0 Å². The molecule has 14 nitrogen and oxygen atoms in total.